The van der Waals surface area contributed by atoms with Crippen LogP contribution in [0.3, 0.4) is 0 Å². The maximum absolute atomic E-state index is 11.0. The fourth-order valence-corrected chi connectivity index (χ4v) is 2.77. The molecule has 0 bridgehead atoms. The van der Waals surface area contributed by atoms with Gasteiger partial charge in [-0.05, 0) is 35.0 Å². The molecular formula is C10H7NNaO6S2-. The Morgan fingerprint density at radius 1 is 0.850 bits per heavy atom. The first kappa shape index (κ1) is 17.4. The molecular weight excluding hydrogens is 317 g/mol. The van der Waals surface area contributed by atoms with Crippen molar-refractivity contribution in [3.05, 3.63) is 30.3 Å². The molecule has 102 valence electrons. The molecule has 2 rings (SSSR count). The molecule has 2 aromatic carbocycles. The zero-order valence-corrected chi connectivity index (χ0v) is 13.9. The maximum atomic E-state index is 11.0. The van der Waals surface area contributed by atoms with Crippen molar-refractivity contribution < 1.29 is 55.5 Å². The Morgan fingerprint density at radius 2 is 1.45 bits per heavy atom. The van der Waals surface area contributed by atoms with Crippen LogP contribution in [-0.2, 0) is 20.2 Å². The van der Waals surface area contributed by atoms with E-state index in [1.54, 1.807) is 0 Å². The number of nitrogen functional groups attached to an aromatic ring is 1. The summed E-state index contributed by atoms with van der Waals surface area (Å²) in [6.07, 6.45) is 0. The predicted octanol–water partition coefficient (Wildman–Crippen LogP) is -2.77. The molecule has 7 nitrogen and oxygen atoms in total. The van der Waals surface area contributed by atoms with Gasteiger partial charge >= 0.3 is 29.6 Å². The average molecular weight is 324 g/mol. The number of rotatable bonds is 2. The van der Waals surface area contributed by atoms with Gasteiger partial charge in [-0.25, -0.2) is 16.8 Å². The van der Waals surface area contributed by atoms with Crippen molar-refractivity contribution in [2.75, 3.05) is 5.73 Å². The summed E-state index contributed by atoms with van der Waals surface area (Å²) in [4.78, 5) is -1.17. The Hall–Kier alpha value is -0.680. The first-order chi connectivity index (χ1) is 8.59. The Labute approximate surface area is 137 Å². The van der Waals surface area contributed by atoms with Crippen LogP contribution < -0.4 is 35.3 Å². The summed E-state index contributed by atoms with van der Waals surface area (Å²) < 4.78 is 65.5. The van der Waals surface area contributed by atoms with Crippen LogP contribution >= 0.6 is 0 Å². The molecule has 0 aliphatic carbocycles. The van der Waals surface area contributed by atoms with Crippen LogP contribution in [0.2, 0.25) is 0 Å². The van der Waals surface area contributed by atoms with Crippen molar-refractivity contribution in [2.24, 2.45) is 0 Å². The molecule has 0 unspecified atom stereocenters. The van der Waals surface area contributed by atoms with Crippen molar-refractivity contribution in [3.63, 3.8) is 0 Å². The number of benzene rings is 2. The van der Waals surface area contributed by atoms with Crippen LogP contribution in [0.4, 0.5) is 5.69 Å². The molecule has 0 radical (unpaired) electrons. The molecule has 0 heterocycles. The zero-order valence-electron chi connectivity index (χ0n) is 10.2. The Morgan fingerprint density at radius 3 is 1.95 bits per heavy atom. The summed E-state index contributed by atoms with van der Waals surface area (Å²) in [5.74, 6) is 0. The van der Waals surface area contributed by atoms with Gasteiger partial charge < -0.3 is 14.8 Å². The third-order valence-electron chi connectivity index (χ3n) is 2.50. The standard InChI is InChI=1S/C10H9NO6S2.Na/c11-9-4-6-1-2-8(18(12,13)14)3-7(6)5-10(9)19(15,16)17;/h1-5H,11H2,(H,12,13,14)(H,15,16,17);/q;+1/p-2. The molecule has 10 heteroatoms. The minimum Gasteiger partial charge on any atom is -0.744 e. The monoisotopic (exact) mass is 324 g/mol. The second-order valence-corrected chi connectivity index (χ2v) is 6.53. The van der Waals surface area contributed by atoms with Crippen LogP contribution in [-0.4, -0.2) is 25.9 Å². The number of fused-ring (bicyclic) bond motifs is 1. The van der Waals surface area contributed by atoms with E-state index >= 15 is 0 Å². The second-order valence-electron chi connectivity index (χ2n) is 3.81. The van der Waals surface area contributed by atoms with Gasteiger partial charge in [0.25, 0.3) is 0 Å². The van der Waals surface area contributed by atoms with E-state index in [1.807, 2.05) is 0 Å². The van der Waals surface area contributed by atoms with Gasteiger partial charge in [0.1, 0.15) is 20.2 Å². The first-order valence-corrected chi connectivity index (χ1v) is 7.66. The average Bonchev–Trinajstić information content (AvgIpc) is 2.24. The number of hydrogen-bond donors (Lipinski definition) is 1. The molecule has 0 saturated heterocycles. The summed E-state index contributed by atoms with van der Waals surface area (Å²) in [7, 11) is -9.44. The van der Waals surface area contributed by atoms with E-state index in [-0.39, 0.29) is 40.6 Å². The molecule has 0 atom stereocenters. The SMILES string of the molecule is Nc1cc2ccc(S(=O)(=O)[O-])cc2cc1S(=O)(=O)[O-].[Na+]. The molecule has 2 aromatic rings. The van der Waals surface area contributed by atoms with Gasteiger partial charge in [0.05, 0.1) is 9.79 Å². The van der Waals surface area contributed by atoms with Crippen LogP contribution in [0.1, 0.15) is 0 Å². The number of anilines is 1. The molecule has 0 aliphatic rings. The molecule has 0 aliphatic heterocycles. The van der Waals surface area contributed by atoms with E-state index in [2.05, 4.69) is 0 Å². The predicted molar refractivity (Wildman–Crippen MR) is 64.3 cm³/mol. The maximum Gasteiger partial charge on any atom is 1.00 e. The minimum atomic E-state index is -4.78. The van der Waals surface area contributed by atoms with Crippen LogP contribution in [0.5, 0.6) is 0 Å². The smallest absolute Gasteiger partial charge is 0.744 e. The molecule has 0 fully saturated rings. The van der Waals surface area contributed by atoms with Crippen LogP contribution in [0.15, 0.2) is 40.1 Å². The van der Waals surface area contributed by atoms with Gasteiger partial charge in [0, 0.05) is 5.69 Å². The van der Waals surface area contributed by atoms with Gasteiger partial charge in [-0.1, -0.05) is 6.07 Å². The molecule has 0 saturated carbocycles. The molecule has 20 heavy (non-hydrogen) atoms. The summed E-state index contributed by atoms with van der Waals surface area (Å²) in [6.45, 7) is 0. The summed E-state index contributed by atoms with van der Waals surface area (Å²) >= 11 is 0. The summed E-state index contributed by atoms with van der Waals surface area (Å²) in [6, 6.07) is 5.54. The van der Waals surface area contributed by atoms with Gasteiger partial charge in [0.15, 0.2) is 0 Å². The van der Waals surface area contributed by atoms with E-state index in [0.29, 0.717) is 5.39 Å². The Bertz CT molecular complexity index is 876. The van der Waals surface area contributed by atoms with Gasteiger partial charge in [-0.3, -0.25) is 0 Å². The Balaban J connectivity index is 0.00000200. The minimum absolute atomic E-state index is 0. The van der Waals surface area contributed by atoms with Gasteiger partial charge in [0.2, 0.25) is 0 Å². The first-order valence-electron chi connectivity index (χ1n) is 4.84. The Kier molecular flexibility index (Phi) is 4.87. The largest absolute Gasteiger partial charge is 1.00 e. The summed E-state index contributed by atoms with van der Waals surface area (Å²) in [5.41, 5.74) is 5.20. The second kappa shape index (κ2) is 5.60. The molecule has 2 N–H and O–H groups in total. The fourth-order valence-electron chi connectivity index (χ4n) is 1.64. The van der Waals surface area contributed by atoms with Crippen molar-refractivity contribution in [1.82, 2.24) is 0 Å². The molecule has 0 spiro atoms. The summed E-state index contributed by atoms with van der Waals surface area (Å²) in [5, 5.41) is 0.540. The van der Waals surface area contributed by atoms with E-state index in [0.717, 1.165) is 18.2 Å². The van der Waals surface area contributed by atoms with E-state index in [4.69, 9.17) is 5.73 Å². The molecule has 0 amide bonds. The van der Waals surface area contributed by atoms with Crippen molar-refractivity contribution in [3.8, 4) is 0 Å². The quantitative estimate of drug-likeness (QED) is 0.358. The van der Waals surface area contributed by atoms with Gasteiger partial charge in [-0.2, -0.15) is 0 Å². The van der Waals surface area contributed by atoms with Crippen molar-refractivity contribution >= 4 is 36.7 Å². The van der Waals surface area contributed by atoms with Crippen LogP contribution in [0.25, 0.3) is 10.8 Å². The number of hydrogen-bond acceptors (Lipinski definition) is 7. The van der Waals surface area contributed by atoms with Crippen LogP contribution in [0, 0.1) is 0 Å². The van der Waals surface area contributed by atoms with E-state index in [9.17, 15) is 25.9 Å². The van der Waals surface area contributed by atoms with E-state index < -0.39 is 30.0 Å². The van der Waals surface area contributed by atoms with Crippen molar-refractivity contribution in [1.29, 1.82) is 0 Å². The van der Waals surface area contributed by atoms with Gasteiger partial charge in [-0.15, -0.1) is 0 Å². The van der Waals surface area contributed by atoms with Crippen molar-refractivity contribution in [2.45, 2.75) is 9.79 Å². The normalized spacial score (nSPS) is 12.1. The fraction of sp³-hybridized carbons (Fsp3) is 0. The number of nitrogens with two attached hydrogens (primary N) is 1. The topological polar surface area (TPSA) is 140 Å². The van der Waals surface area contributed by atoms with E-state index in [1.165, 1.54) is 12.1 Å². The third kappa shape index (κ3) is 3.50. The third-order valence-corrected chi connectivity index (χ3v) is 4.22. The zero-order chi connectivity index (χ0) is 14.4. The molecule has 0 aromatic heterocycles.